The van der Waals surface area contributed by atoms with Crippen LogP contribution in [0.2, 0.25) is 0 Å². The number of nitrogens with one attached hydrogen (secondary N) is 1. The van der Waals surface area contributed by atoms with Gasteiger partial charge in [0.2, 0.25) is 5.91 Å². The van der Waals surface area contributed by atoms with E-state index in [4.69, 9.17) is 0 Å². The molecule has 124 valence electrons. The van der Waals surface area contributed by atoms with Crippen molar-refractivity contribution in [3.8, 4) is 0 Å². The van der Waals surface area contributed by atoms with Gasteiger partial charge in [-0.2, -0.15) is 0 Å². The zero-order valence-electron chi connectivity index (χ0n) is 13.5. The first kappa shape index (κ1) is 16.0. The van der Waals surface area contributed by atoms with Crippen molar-refractivity contribution in [2.75, 3.05) is 11.9 Å². The minimum absolute atomic E-state index is 0.0500. The lowest BCUT2D eigenvalue weighted by molar-refractivity contribution is -0.114. The molecule has 1 N–H and O–H groups in total. The van der Waals surface area contributed by atoms with Gasteiger partial charge >= 0.3 is 0 Å². The summed E-state index contributed by atoms with van der Waals surface area (Å²) in [5.41, 5.74) is 0.514. The van der Waals surface area contributed by atoms with Gasteiger partial charge in [-0.15, -0.1) is 0 Å². The second-order valence-electron chi connectivity index (χ2n) is 6.63. The number of hydrogen-bond acceptors (Lipinski definition) is 2. The Morgan fingerprint density at radius 1 is 1.17 bits per heavy atom. The molecule has 2 fully saturated rings. The fourth-order valence-corrected chi connectivity index (χ4v) is 3.99. The van der Waals surface area contributed by atoms with Crippen molar-refractivity contribution in [3.63, 3.8) is 0 Å². The fourth-order valence-electron chi connectivity index (χ4n) is 3.99. The molecule has 23 heavy (non-hydrogen) atoms. The summed E-state index contributed by atoms with van der Waals surface area (Å²) in [4.78, 5) is 26.0. The molecule has 4 nitrogen and oxygen atoms in total. The van der Waals surface area contributed by atoms with Gasteiger partial charge in [-0.25, -0.2) is 4.39 Å². The molecule has 1 unspecified atom stereocenters. The van der Waals surface area contributed by atoms with E-state index in [0.29, 0.717) is 17.5 Å². The highest BCUT2D eigenvalue weighted by molar-refractivity contribution is 5.97. The lowest BCUT2D eigenvalue weighted by atomic mass is 9.95. The van der Waals surface area contributed by atoms with Crippen molar-refractivity contribution in [2.24, 2.45) is 5.92 Å². The molecule has 1 aliphatic heterocycles. The van der Waals surface area contributed by atoms with E-state index in [1.54, 1.807) is 0 Å². The molecule has 3 rings (SSSR count). The molecule has 1 aromatic carbocycles. The van der Waals surface area contributed by atoms with Crippen LogP contribution in [-0.2, 0) is 4.79 Å². The Hall–Kier alpha value is -1.91. The van der Waals surface area contributed by atoms with Gasteiger partial charge in [0, 0.05) is 25.1 Å². The van der Waals surface area contributed by atoms with Crippen LogP contribution in [0.3, 0.4) is 0 Å². The maximum atomic E-state index is 13.8. The minimum atomic E-state index is -0.523. The third-order valence-electron chi connectivity index (χ3n) is 5.03. The van der Waals surface area contributed by atoms with Crippen molar-refractivity contribution in [3.05, 3.63) is 29.6 Å². The second-order valence-corrected chi connectivity index (χ2v) is 6.63. The Labute approximate surface area is 136 Å². The van der Waals surface area contributed by atoms with Crippen molar-refractivity contribution < 1.29 is 14.0 Å². The lowest BCUT2D eigenvalue weighted by Crippen LogP contribution is -2.39. The fraction of sp³-hybridized carbons (Fsp3) is 0.556. The minimum Gasteiger partial charge on any atom is -0.335 e. The molecular formula is C18H23FN2O2. The van der Waals surface area contributed by atoms with Crippen LogP contribution in [-0.4, -0.2) is 29.3 Å². The van der Waals surface area contributed by atoms with Crippen LogP contribution in [0.15, 0.2) is 18.2 Å². The van der Waals surface area contributed by atoms with E-state index in [1.165, 1.54) is 50.8 Å². The highest BCUT2D eigenvalue weighted by Crippen LogP contribution is 2.36. The topological polar surface area (TPSA) is 49.4 Å². The molecule has 1 heterocycles. The number of benzene rings is 1. The van der Waals surface area contributed by atoms with E-state index in [-0.39, 0.29) is 17.5 Å². The molecule has 2 aliphatic rings. The second kappa shape index (κ2) is 6.69. The molecule has 0 bridgehead atoms. The molecule has 1 atom stereocenters. The molecule has 0 radical (unpaired) electrons. The number of rotatable bonds is 3. The summed E-state index contributed by atoms with van der Waals surface area (Å²) in [6, 6.07) is 4.52. The Morgan fingerprint density at radius 3 is 2.61 bits per heavy atom. The predicted octanol–water partition coefficient (Wildman–Crippen LogP) is 3.58. The predicted molar refractivity (Wildman–Crippen MR) is 86.7 cm³/mol. The molecule has 1 saturated heterocycles. The van der Waals surface area contributed by atoms with Gasteiger partial charge in [0.25, 0.3) is 5.91 Å². The Balaban J connectivity index is 1.80. The Kier molecular flexibility index (Phi) is 4.64. The van der Waals surface area contributed by atoms with Crippen LogP contribution >= 0.6 is 0 Å². The first-order chi connectivity index (χ1) is 11.1. The maximum absolute atomic E-state index is 13.8. The molecule has 2 amide bonds. The number of carbonyl (C=O) groups is 2. The van der Waals surface area contributed by atoms with Gasteiger partial charge in [0.05, 0.1) is 5.69 Å². The van der Waals surface area contributed by atoms with Crippen LogP contribution in [0.4, 0.5) is 10.1 Å². The molecule has 5 heteroatoms. The zero-order valence-corrected chi connectivity index (χ0v) is 13.5. The number of carbonyl (C=O) groups excluding carboxylic acids is 2. The molecule has 1 aromatic rings. The Morgan fingerprint density at radius 2 is 1.91 bits per heavy atom. The summed E-state index contributed by atoms with van der Waals surface area (Å²) < 4.78 is 13.8. The van der Waals surface area contributed by atoms with E-state index in [2.05, 4.69) is 5.32 Å². The lowest BCUT2D eigenvalue weighted by Gasteiger charge is -2.29. The largest absolute Gasteiger partial charge is 0.335 e. The average Bonchev–Trinajstić information content (AvgIpc) is 3.18. The SMILES string of the molecule is CC(=O)Nc1cc(C(=O)N2CCCC2C2CCCC2)ccc1F. The summed E-state index contributed by atoms with van der Waals surface area (Å²) in [5.74, 6) is -0.313. The van der Waals surface area contributed by atoms with Gasteiger partial charge in [0.15, 0.2) is 0 Å². The van der Waals surface area contributed by atoms with Gasteiger partial charge in [-0.3, -0.25) is 9.59 Å². The summed E-state index contributed by atoms with van der Waals surface area (Å²) in [7, 11) is 0. The summed E-state index contributed by atoms with van der Waals surface area (Å²) in [5, 5.41) is 2.44. The first-order valence-electron chi connectivity index (χ1n) is 8.44. The van der Waals surface area contributed by atoms with Crippen LogP contribution in [0, 0.1) is 11.7 Å². The monoisotopic (exact) mass is 318 g/mol. The third kappa shape index (κ3) is 3.38. The van der Waals surface area contributed by atoms with Crippen molar-refractivity contribution >= 4 is 17.5 Å². The quantitative estimate of drug-likeness (QED) is 0.926. The van der Waals surface area contributed by atoms with E-state index in [0.717, 1.165) is 19.4 Å². The van der Waals surface area contributed by atoms with E-state index >= 15 is 0 Å². The zero-order chi connectivity index (χ0) is 16.4. The molecule has 1 saturated carbocycles. The van der Waals surface area contributed by atoms with E-state index in [9.17, 15) is 14.0 Å². The summed E-state index contributed by atoms with van der Waals surface area (Å²) in [6.45, 7) is 2.09. The highest BCUT2D eigenvalue weighted by Gasteiger charge is 2.36. The average molecular weight is 318 g/mol. The summed E-state index contributed by atoms with van der Waals surface area (Å²) in [6.07, 6.45) is 7.02. The number of amides is 2. The number of hydrogen-bond donors (Lipinski definition) is 1. The molecule has 1 aliphatic carbocycles. The van der Waals surface area contributed by atoms with Gasteiger partial charge in [0.1, 0.15) is 5.82 Å². The van der Waals surface area contributed by atoms with E-state index < -0.39 is 5.82 Å². The van der Waals surface area contributed by atoms with Crippen molar-refractivity contribution in [2.45, 2.75) is 51.5 Å². The van der Waals surface area contributed by atoms with Crippen LogP contribution in [0.1, 0.15) is 55.8 Å². The smallest absolute Gasteiger partial charge is 0.254 e. The van der Waals surface area contributed by atoms with Gasteiger partial charge in [-0.1, -0.05) is 12.8 Å². The normalized spacial score (nSPS) is 21.7. The van der Waals surface area contributed by atoms with Crippen molar-refractivity contribution in [1.29, 1.82) is 0 Å². The third-order valence-corrected chi connectivity index (χ3v) is 5.03. The molecule has 0 aromatic heterocycles. The van der Waals surface area contributed by atoms with E-state index in [1.807, 2.05) is 4.90 Å². The Bertz CT molecular complexity index is 611. The van der Waals surface area contributed by atoms with Crippen LogP contribution in [0.5, 0.6) is 0 Å². The number of halogens is 1. The standard InChI is InChI=1S/C18H23FN2O2/c1-12(22)20-16-11-14(8-9-15(16)19)18(23)21-10-4-7-17(21)13-5-2-3-6-13/h8-9,11,13,17H,2-7,10H2,1H3,(H,20,22). The van der Waals surface area contributed by atoms with Crippen molar-refractivity contribution in [1.82, 2.24) is 4.90 Å². The summed E-state index contributed by atoms with van der Waals surface area (Å²) >= 11 is 0. The van der Waals surface area contributed by atoms with Crippen LogP contribution in [0.25, 0.3) is 0 Å². The van der Waals surface area contributed by atoms with Gasteiger partial charge < -0.3 is 10.2 Å². The number of nitrogens with zero attached hydrogens (tertiary/aromatic N) is 1. The van der Waals surface area contributed by atoms with Gasteiger partial charge in [-0.05, 0) is 49.8 Å². The highest BCUT2D eigenvalue weighted by atomic mass is 19.1. The number of anilines is 1. The molecule has 0 spiro atoms. The number of likely N-dealkylation sites (tertiary alicyclic amines) is 1. The molecular weight excluding hydrogens is 295 g/mol. The van der Waals surface area contributed by atoms with Crippen LogP contribution < -0.4 is 5.32 Å². The maximum Gasteiger partial charge on any atom is 0.254 e. The first-order valence-corrected chi connectivity index (χ1v) is 8.44.